The zero-order chi connectivity index (χ0) is 10.1. The number of aromatic nitrogens is 2. The first-order valence-electron chi connectivity index (χ1n) is 4.23. The number of nitrogens with two attached hydrogens (primary N) is 1. The molecule has 0 bridgehead atoms. The largest absolute Gasteiger partial charge is 0.329 e. The summed E-state index contributed by atoms with van der Waals surface area (Å²) in [5.41, 5.74) is 6.22. The smallest absolute Gasteiger partial charge is 0.142 e. The SMILES string of the molecule is Cl.NCCn1ncc2c(Cl)c(F)ccc21. The molecule has 0 spiro atoms. The minimum atomic E-state index is -0.425. The molecule has 1 heterocycles. The molecule has 1 aromatic carbocycles. The van der Waals surface area contributed by atoms with Crippen molar-refractivity contribution in [1.29, 1.82) is 0 Å². The van der Waals surface area contributed by atoms with E-state index in [2.05, 4.69) is 5.10 Å². The van der Waals surface area contributed by atoms with E-state index in [4.69, 9.17) is 17.3 Å². The zero-order valence-electron chi connectivity index (χ0n) is 7.78. The van der Waals surface area contributed by atoms with Crippen LogP contribution in [0.25, 0.3) is 10.9 Å². The van der Waals surface area contributed by atoms with Gasteiger partial charge in [-0.2, -0.15) is 5.10 Å². The third-order valence-corrected chi connectivity index (χ3v) is 2.44. The van der Waals surface area contributed by atoms with Gasteiger partial charge >= 0.3 is 0 Å². The fourth-order valence-corrected chi connectivity index (χ4v) is 1.60. The summed E-state index contributed by atoms with van der Waals surface area (Å²) < 4.78 is 14.8. The average Bonchev–Trinajstić information content (AvgIpc) is 2.57. The molecule has 2 aromatic rings. The molecule has 0 radical (unpaired) electrons. The number of fused-ring (bicyclic) bond motifs is 1. The van der Waals surface area contributed by atoms with Crippen LogP contribution in [0.1, 0.15) is 0 Å². The van der Waals surface area contributed by atoms with Crippen molar-refractivity contribution in [3.63, 3.8) is 0 Å². The molecule has 3 nitrogen and oxygen atoms in total. The highest BCUT2D eigenvalue weighted by Gasteiger charge is 2.08. The average molecular weight is 250 g/mol. The van der Waals surface area contributed by atoms with Gasteiger partial charge in [0, 0.05) is 11.9 Å². The molecule has 0 aliphatic heterocycles. The number of hydrogen-bond donors (Lipinski definition) is 1. The Bertz CT molecular complexity index is 470. The van der Waals surface area contributed by atoms with Gasteiger partial charge in [-0.3, -0.25) is 4.68 Å². The topological polar surface area (TPSA) is 43.8 Å². The summed E-state index contributed by atoms with van der Waals surface area (Å²) in [7, 11) is 0. The van der Waals surface area contributed by atoms with E-state index in [1.807, 2.05) is 0 Å². The number of benzene rings is 1. The normalized spacial score (nSPS) is 10.3. The Morgan fingerprint density at radius 2 is 2.20 bits per heavy atom. The third-order valence-electron chi connectivity index (χ3n) is 2.05. The van der Waals surface area contributed by atoms with E-state index in [1.165, 1.54) is 6.07 Å². The Kier molecular flexibility index (Phi) is 3.90. The van der Waals surface area contributed by atoms with Gasteiger partial charge in [-0.05, 0) is 12.1 Å². The fraction of sp³-hybridized carbons (Fsp3) is 0.222. The first kappa shape index (κ1) is 12.2. The molecule has 0 fully saturated rings. The Morgan fingerprint density at radius 1 is 1.47 bits per heavy atom. The van der Waals surface area contributed by atoms with Crippen molar-refractivity contribution < 1.29 is 4.39 Å². The Balaban J connectivity index is 0.00000112. The van der Waals surface area contributed by atoms with Crippen molar-refractivity contribution in [3.05, 3.63) is 29.2 Å². The van der Waals surface area contributed by atoms with Crippen LogP contribution in [0.4, 0.5) is 4.39 Å². The maximum Gasteiger partial charge on any atom is 0.142 e. The summed E-state index contributed by atoms with van der Waals surface area (Å²) in [4.78, 5) is 0. The Morgan fingerprint density at radius 3 is 2.87 bits per heavy atom. The number of hydrogen-bond acceptors (Lipinski definition) is 2. The van der Waals surface area contributed by atoms with E-state index in [0.29, 0.717) is 18.5 Å². The summed E-state index contributed by atoms with van der Waals surface area (Å²) in [6, 6.07) is 2.98. The summed E-state index contributed by atoms with van der Waals surface area (Å²) in [5, 5.41) is 4.81. The molecule has 0 amide bonds. The number of halogens is 3. The van der Waals surface area contributed by atoms with E-state index in [-0.39, 0.29) is 17.4 Å². The first-order chi connectivity index (χ1) is 6.74. The highest BCUT2D eigenvalue weighted by molar-refractivity contribution is 6.35. The van der Waals surface area contributed by atoms with Crippen LogP contribution in [0.15, 0.2) is 18.3 Å². The maximum absolute atomic E-state index is 13.1. The van der Waals surface area contributed by atoms with Crippen LogP contribution in [-0.4, -0.2) is 16.3 Å². The molecule has 82 valence electrons. The Labute approximate surface area is 97.4 Å². The van der Waals surface area contributed by atoms with Gasteiger partial charge in [0.05, 0.1) is 23.3 Å². The molecule has 1 aromatic heterocycles. The van der Waals surface area contributed by atoms with Crippen molar-refractivity contribution in [3.8, 4) is 0 Å². The van der Waals surface area contributed by atoms with Crippen LogP contribution in [0.2, 0.25) is 5.02 Å². The van der Waals surface area contributed by atoms with Crippen LogP contribution >= 0.6 is 24.0 Å². The van der Waals surface area contributed by atoms with Crippen molar-refractivity contribution in [2.24, 2.45) is 5.73 Å². The van der Waals surface area contributed by atoms with Gasteiger partial charge in [0.1, 0.15) is 5.82 Å². The molecule has 0 aliphatic carbocycles. The summed E-state index contributed by atoms with van der Waals surface area (Å²) >= 11 is 5.78. The lowest BCUT2D eigenvalue weighted by Gasteiger charge is -2.01. The van der Waals surface area contributed by atoms with Crippen LogP contribution in [0.3, 0.4) is 0 Å². The highest BCUT2D eigenvalue weighted by Crippen LogP contribution is 2.25. The second kappa shape index (κ2) is 4.79. The number of rotatable bonds is 2. The van der Waals surface area contributed by atoms with Gasteiger partial charge in [0.15, 0.2) is 0 Å². The van der Waals surface area contributed by atoms with Crippen molar-refractivity contribution in [2.75, 3.05) is 6.54 Å². The predicted octanol–water partition coefficient (Wildman–Crippen LogP) is 2.21. The van der Waals surface area contributed by atoms with Gasteiger partial charge in [-0.1, -0.05) is 11.6 Å². The van der Waals surface area contributed by atoms with E-state index in [0.717, 1.165) is 5.52 Å². The van der Waals surface area contributed by atoms with Crippen LogP contribution in [0, 0.1) is 5.82 Å². The van der Waals surface area contributed by atoms with Crippen molar-refractivity contribution >= 4 is 34.9 Å². The lowest BCUT2D eigenvalue weighted by Crippen LogP contribution is -2.10. The molecule has 0 unspecified atom stereocenters. The van der Waals surface area contributed by atoms with E-state index < -0.39 is 5.82 Å². The van der Waals surface area contributed by atoms with E-state index in [9.17, 15) is 4.39 Å². The molecule has 0 saturated heterocycles. The van der Waals surface area contributed by atoms with Crippen LogP contribution in [-0.2, 0) is 6.54 Å². The summed E-state index contributed by atoms with van der Waals surface area (Å²) in [6.45, 7) is 1.09. The van der Waals surface area contributed by atoms with Gasteiger partial charge in [-0.15, -0.1) is 12.4 Å². The Hall–Kier alpha value is -0.840. The predicted molar refractivity (Wildman–Crippen MR) is 61.0 cm³/mol. The molecule has 2 N–H and O–H groups in total. The summed E-state index contributed by atoms with van der Waals surface area (Å²) in [5.74, 6) is -0.425. The fourth-order valence-electron chi connectivity index (χ4n) is 1.39. The minimum absolute atomic E-state index is 0. The van der Waals surface area contributed by atoms with Crippen molar-refractivity contribution in [1.82, 2.24) is 9.78 Å². The second-order valence-corrected chi connectivity index (χ2v) is 3.33. The summed E-state index contributed by atoms with van der Waals surface area (Å²) in [6.07, 6.45) is 1.55. The second-order valence-electron chi connectivity index (χ2n) is 2.95. The van der Waals surface area contributed by atoms with Gasteiger partial charge in [0.25, 0.3) is 0 Å². The van der Waals surface area contributed by atoms with Gasteiger partial charge in [-0.25, -0.2) is 4.39 Å². The third kappa shape index (κ3) is 2.07. The molecule has 0 atom stereocenters. The van der Waals surface area contributed by atoms with Gasteiger partial charge < -0.3 is 5.73 Å². The van der Waals surface area contributed by atoms with E-state index in [1.54, 1.807) is 16.9 Å². The minimum Gasteiger partial charge on any atom is -0.329 e. The van der Waals surface area contributed by atoms with E-state index >= 15 is 0 Å². The van der Waals surface area contributed by atoms with Crippen LogP contribution in [0.5, 0.6) is 0 Å². The number of nitrogens with zero attached hydrogens (tertiary/aromatic N) is 2. The molecule has 0 aliphatic rings. The van der Waals surface area contributed by atoms with Crippen LogP contribution < -0.4 is 5.73 Å². The highest BCUT2D eigenvalue weighted by atomic mass is 35.5. The monoisotopic (exact) mass is 249 g/mol. The molecular weight excluding hydrogens is 240 g/mol. The van der Waals surface area contributed by atoms with Gasteiger partial charge in [0.2, 0.25) is 0 Å². The maximum atomic E-state index is 13.1. The first-order valence-corrected chi connectivity index (χ1v) is 4.61. The molecule has 6 heteroatoms. The quantitative estimate of drug-likeness (QED) is 0.887. The molecule has 2 rings (SSSR count). The zero-order valence-corrected chi connectivity index (χ0v) is 9.35. The molecule has 15 heavy (non-hydrogen) atoms. The van der Waals surface area contributed by atoms with Crippen molar-refractivity contribution in [2.45, 2.75) is 6.54 Å². The molecule has 0 saturated carbocycles. The lowest BCUT2D eigenvalue weighted by atomic mass is 10.2. The molecular formula is C9H10Cl2FN3. The standard InChI is InChI=1S/C9H9ClFN3.ClH/c10-9-6-5-13-14(4-3-12)8(6)2-1-7(9)11;/h1-2,5H,3-4,12H2;1H. The lowest BCUT2D eigenvalue weighted by molar-refractivity contribution is 0.628.